The van der Waals surface area contributed by atoms with Crippen LogP contribution < -0.4 is 0 Å². The van der Waals surface area contributed by atoms with E-state index in [-0.39, 0.29) is 0 Å². The molecule has 0 aromatic heterocycles. The minimum atomic E-state index is 1.21. The predicted molar refractivity (Wildman–Crippen MR) is 55.0 cm³/mol. The maximum absolute atomic E-state index is 2.23. The van der Waals surface area contributed by atoms with Crippen LogP contribution in [0.5, 0.6) is 0 Å². The second-order valence-corrected chi connectivity index (χ2v) is 2.91. The lowest BCUT2D eigenvalue weighted by Gasteiger charge is -1.92. The van der Waals surface area contributed by atoms with Gasteiger partial charge in [0, 0.05) is 0 Å². The monoisotopic (exact) mass is 160 g/mol. The van der Waals surface area contributed by atoms with Crippen LogP contribution in [-0.4, -0.2) is 0 Å². The first-order valence-electron chi connectivity index (χ1n) is 4.65. The molecule has 0 aromatic rings. The quantitative estimate of drug-likeness (QED) is 0.506. The van der Waals surface area contributed by atoms with Gasteiger partial charge in [0.2, 0.25) is 0 Å². The third-order valence-electron chi connectivity index (χ3n) is 1.82. The van der Waals surface area contributed by atoms with Crippen LogP contribution in [0, 0.1) is 0 Å². The molecule has 0 radical (unpaired) electrons. The summed E-state index contributed by atoms with van der Waals surface area (Å²) in [6.07, 6.45) is 22.0. The summed E-state index contributed by atoms with van der Waals surface area (Å²) in [6, 6.07) is 0. The van der Waals surface area contributed by atoms with Gasteiger partial charge in [0.05, 0.1) is 0 Å². The molecule has 0 nitrogen and oxygen atoms in total. The van der Waals surface area contributed by atoms with Gasteiger partial charge in [-0.1, -0.05) is 48.6 Å². The van der Waals surface area contributed by atoms with E-state index in [0.29, 0.717) is 0 Å². The highest BCUT2D eigenvalue weighted by molar-refractivity contribution is 5.15. The zero-order valence-electron chi connectivity index (χ0n) is 7.45. The molecular formula is C12H16. The van der Waals surface area contributed by atoms with Crippen molar-refractivity contribution < 1.29 is 0 Å². The fraction of sp³-hybridized carbons (Fsp3) is 0.333. The summed E-state index contributed by atoms with van der Waals surface area (Å²) in [5.41, 5.74) is 0. The SMILES string of the molecule is C1=C\C=C\CCCC\C=C/C=C/1. The Bertz CT molecular complexity index is 180. The second kappa shape index (κ2) is 6.66. The fourth-order valence-corrected chi connectivity index (χ4v) is 1.13. The van der Waals surface area contributed by atoms with E-state index < -0.39 is 0 Å². The van der Waals surface area contributed by atoms with Crippen molar-refractivity contribution in [1.82, 2.24) is 0 Å². The topological polar surface area (TPSA) is 0 Å². The van der Waals surface area contributed by atoms with Gasteiger partial charge in [-0.3, -0.25) is 0 Å². The average molecular weight is 160 g/mol. The predicted octanol–water partition coefficient (Wildman–Crippen LogP) is 3.79. The number of hydrogen-bond acceptors (Lipinski definition) is 0. The summed E-state index contributed by atoms with van der Waals surface area (Å²) in [5, 5.41) is 0. The number of rotatable bonds is 0. The molecule has 1 rings (SSSR count). The van der Waals surface area contributed by atoms with E-state index in [1.165, 1.54) is 25.7 Å². The molecule has 0 heterocycles. The molecular weight excluding hydrogens is 144 g/mol. The van der Waals surface area contributed by atoms with E-state index in [4.69, 9.17) is 0 Å². The summed E-state index contributed by atoms with van der Waals surface area (Å²) >= 11 is 0. The highest BCUT2D eigenvalue weighted by Crippen LogP contribution is 2.02. The van der Waals surface area contributed by atoms with Gasteiger partial charge < -0.3 is 0 Å². The summed E-state index contributed by atoms with van der Waals surface area (Å²) in [4.78, 5) is 0. The van der Waals surface area contributed by atoms with Crippen molar-refractivity contribution in [3.63, 3.8) is 0 Å². The lowest BCUT2D eigenvalue weighted by molar-refractivity contribution is 0.762. The lowest BCUT2D eigenvalue weighted by atomic mass is 10.1. The molecule has 0 amide bonds. The Morgan fingerprint density at radius 1 is 0.500 bits per heavy atom. The standard InChI is InChI=1S/C12H16/c1-2-4-6-8-10-12-11-9-7-5-3-1/h1-8H,9-12H2/b3-1-,4-2+,7-5+,8-6-. The van der Waals surface area contributed by atoms with Gasteiger partial charge in [-0.2, -0.15) is 0 Å². The molecule has 0 saturated carbocycles. The Balaban J connectivity index is 2.43. The van der Waals surface area contributed by atoms with Gasteiger partial charge in [0.25, 0.3) is 0 Å². The molecule has 0 aliphatic heterocycles. The zero-order valence-corrected chi connectivity index (χ0v) is 7.45. The maximum Gasteiger partial charge on any atom is -0.0347 e. The van der Waals surface area contributed by atoms with Gasteiger partial charge in [-0.05, 0) is 25.7 Å². The number of allylic oxidation sites excluding steroid dienone is 8. The van der Waals surface area contributed by atoms with Crippen LogP contribution in [0.1, 0.15) is 25.7 Å². The highest BCUT2D eigenvalue weighted by Gasteiger charge is 1.82. The summed E-state index contributed by atoms with van der Waals surface area (Å²) in [6.45, 7) is 0. The first kappa shape index (κ1) is 9.05. The van der Waals surface area contributed by atoms with Crippen LogP contribution >= 0.6 is 0 Å². The summed E-state index contributed by atoms with van der Waals surface area (Å²) in [5.74, 6) is 0. The lowest BCUT2D eigenvalue weighted by Crippen LogP contribution is -1.72. The Morgan fingerprint density at radius 2 is 0.917 bits per heavy atom. The van der Waals surface area contributed by atoms with E-state index in [1.807, 2.05) is 0 Å². The molecule has 0 unspecified atom stereocenters. The minimum Gasteiger partial charge on any atom is -0.0845 e. The van der Waals surface area contributed by atoms with Gasteiger partial charge in [0.1, 0.15) is 0 Å². The van der Waals surface area contributed by atoms with Crippen molar-refractivity contribution in [2.45, 2.75) is 25.7 Å². The van der Waals surface area contributed by atoms with E-state index in [9.17, 15) is 0 Å². The molecule has 0 fully saturated rings. The van der Waals surface area contributed by atoms with Crippen LogP contribution in [0.25, 0.3) is 0 Å². The van der Waals surface area contributed by atoms with Crippen LogP contribution in [0.2, 0.25) is 0 Å². The summed E-state index contributed by atoms with van der Waals surface area (Å²) < 4.78 is 0. The molecule has 0 aromatic carbocycles. The van der Waals surface area contributed by atoms with Crippen molar-refractivity contribution in [3.05, 3.63) is 48.6 Å². The molecule has 64 valence electrons. The van der Waals surface area contributed by atoms with Gasteiger partial charge in [0.15, 0.2) is 0 Å². The molecule has 0 bridgehead atoms. The Labute approximate surface area is 75.0 Å². The van der Waals surface area contributed by atoms with Crippen molar-refractivity contribution in [3.8, 4) is 0 Å². The van der Waals surface area contributed by atoms with Crippen LogP contribution in [0.4, 0.5) is 0 Å². The number of hydrogen-bond donors (Lipinski definition) is 0. The fourth-order valence-electron chi connectivity index (χ4n) is 1.13. The molecule has 0 spiro atoms. The zero-order chi connectivity index (χ0) is 8.49. The Hall–Kier alpha value is -1.04. The van der Waals surface area contributed by atoms with E-state index in [0.717, 1.165) is 0 Å². The molecule has 12 heavy (non-hydrogen) atoms. The second-order valence-electron chi connectivity index (χ2n) is 2.91. The molecule has 0 saturated heterocycles. The van der Waals surface area contributed by atoms with Crippen molar-refractivity contribution in [2.75, 3.05) is 0 Å². The molecule has 0 N–H and O–H groups in total. The summed E-state index contributed by atoms with van der Waals surface area (Å²) in [7, 11) is 0. The molecule has 1 aliphatic rings. The normalized spacial score (nSPS) is 29.3. The first-order valence-corrected chi connectivity index (χ1v) is 4.65. The van der Waals surface area contributed by atoms with Gasteiger partial charge in [-0.25, -0.2) is 0 Å². The largest absolute Gasteiger partial charge is 0.0845 e. The average Bonchev–Trinajstić information content (AvgIpc) is 2.05. The first-order chi connectivity index (χ1) is 6.00. The van der Waals surface area contributed by atoms with Crippen molar-refractivity contribution in [2.24, 2.45) is 0 Å². The highest BCUT2D eigenvalue weighted by atomic mass is 13.9. The smallest absolute Gasteiger partial charge is 0.0347 e. The van der Waals surface area contributed by atoms with E-state index >= 15 is 0 Å². The third-order valence-corrected chi connectivity index (χ3v) is 1.82. The van der Waals surface area contributed by atoms with Crippen molar-refractivity contribution >= 4 is 0 Å². The Kier molecular flexibility index (Phi) is 5.02. The van der Waals surface area contributed by atoms with E-state index in [2.05, 4.69) is 48.6 Å². The van der Waals surface area contributed by atoms with Crippen LogP contribution in [-0.2, 0) is 0 Å². The minimum absolute atomic E-state index is 1.21. The third kappa shape index (κ3) is 4.73. The van der Waals surface area contributed by atoms with Crippen LogP contribution in [0.15, 0.2) is 48.6 Å². The van der Waals surface area contributed by atoms with E-state index in [1.54, 1.807) is 0 Å². The van der Waals surface area contributed by atoms with Crippen molar-refractivity contribution in [1.29, 1.82) is 0 Å². The maximum atomic E-state index is 2.23. The molecule has 0 heteroatoms. The Morgan fingerprint density at radius 3 is 1.42 bits per heavy atom. The molecule has 1 aliphatic carbocycles. The molecule has 0 atom stereocenters. The van der Waals surface area contributed by atoms with Crippen LogP contribution in [0.3, 0.4) is 0 Å². The van der Waals surface area contributed by atoms with Gasteiger partial charge in [-0.15, -0.1) is 0 Å². The van der Waals surface area contributed by atoms with Gasteiger partial charge >= 0.3 is 0 Å².